The Morgan fingerprint density at radius 2 is 1.81 bits per heavy atom. The van der Waals surface area contributed by atoms with Crippen molar-refractivity contribution in [3.63, 3.8) is 0 Å². The van der Waals surface area contributed by atoms with Crippen LogP contribution >= 0.6 is 23.2 Å². The monoisotopic (exact) mass is 406 g/mol. The van der Waals surface area contributed by atoms with Crippen molar-refractivity contribution in [2.45, 2.75) is 19.2 Å². The van der Waals surface area contributed by atoms with Crippen LogP contribution < -0.4 is 5.32 Å². The Kier molecular flexibility index (Phi) is 6.09. The zero-order chi connectivity index (χ0) is 19.5. The van der Waals surface area contributed by atoms with Gasteiger partial charge >= 0.3 is 12.1 Å². The van der Waals surface area contributed by atoms with Crippen LogP contribution in [0.5, 0.6) is 0 Å². The van der Waals surface area contributed by atoms with E-state index in [1.54, 1.807) is 0 Å². The average molecular weight is 407 g/mol. The molecule has 0 fully saturated rings. The Bertz CT molecular complexity index is 826. The number of amides is 1. The molecule has 1 aromatic heterocycles. The highest BCUT2D eigenvalue weighted by Gasteiger charge is 2.30. The molecule has 1 heterocycles. The van der Waals surface area contributed by atoms with Crippen molar-refractivity contribution in [3.8, 4) is 0 Å². The fraction of sp³-hybridized carbons (Fsp3) is 0.188. The lowest BCUT2D eigenvalue weighted by atomic mass is 10.1. The SMILES string of the molecule is CC(OC(=O)c1ccc(C(F)(F)F)cc1)C(=O)Nc1ncc(Cl)cc1Cl. The third-order valence-corrected chi connectivity index (χ3v) is 3.65. The number of anilines is 1. The topological polar surface area (TPSA) is 68.3 Å². The van der Waals surface area contributed by atoms with Gasteiger partial charge in [-0.05, 0) is 37.3 Å². The number of alkyl halides is 3. The van der Waals surface area contributed by atoms with Crippen LogP contribution in [0.1, 0.15) is 22.8 Å². The molecule has 0 spiro atoms. The lowest BCUT2D eigenvalue weighted by molar-refractivity contribution is -0.137. The standard InChI is InChI=1S/C16H11Cl2F3N2O3/c1-8(14(24)23-13-12(18)6-11(17)7-22-13)26-15(25)9-2-4-10(5-3-9)16(19,20)21/h2-8H,1H3,(H,22,23,24). The first-order valence-electron chi connectivity index (χ1n) is 7.08. The molecule has 2 rings (SSSR count). The largest absolute Gasteiger partial charge is 0.449 e. The second kappa shape index (κ2) is 7.92. The van der Waals surface area contributed by atoms with Crippen LogP contribution in [0.25, 0.3) is 0 Å². The maximum atomic E-state index is 12.5. The Hall–Kier alpha value is -2.32. The summed E-state index contributed by atoms with van der Waals surface area (Å²) in [6, 6.07) is 4.79. The molecular weight excluding hydrogens is 396 g/mol. The molecule has 2 aromatic rings. The highest BCUT2D eigenvalue weighted by Crippen LogP contribution is 2.29. The number of hydrogen-bond acceptors (Lipinski definition) is 4. The fourth-order valence-corrected chi connectivity index (χ4v) is 2.23. The normalized spacial score (nSPS) is 12.4. The zero-order valence-corrected chi connectivity index (χ0v) is 14.6. The maximum Gasteiger partial charge on any atom is 0.416 e. The number of nitrogens with zero attached hydrogens (tertiary/aromatic N) is 1. The van der Waals surface area contributed by atoms with Gasteiger partial charge in [0.2, 0.25) is 0 Å². The van der Waals surface area contributed by atoms with Crippen LogP contribution in [0.2, 0.25) is 10.0 Å². The summed E-state index contributed by atoms with van der Waals surface area (Å²) in [5, 5.41) is 2.72. The molecule has 1 unspecified atom stereocenters. The van der Waals surface area contributed by atoms with Crippen LogP contribution in [-0.4, -0.2) is 23.0 Å². The Morgan fingerprint density at radius 1 is 1.19 bits per heavy atom. The minimum absolute atomic E-state index is 0.0264. The first kappa shape index (κ1) is 20.0. The van der Waals surface area contributed by atoms with Gasteiger partial charge in [-0.25, -0.2) is 9.78 Å². The number of halogens is 5. The van der Waals surface area contributed by atoms with Crippen molar-refractivity contribution in [3.05, 3.63) is 57.7 Å². The van der Waals surface area contributed by atoms with E-state index in [0.29, 0.717) is 0 Å². The summed E-state index contributed by atoms with van der Waals surface area (Å²) in [6.07, 6.45) is -4.49. The van der Waals surface area contributed by atoms with E-state index in [4.69, 9.17) is 27.9 Å². The quantitative estimate of drug-likeness (QED) is 0.753. The number of aromatic nitrogens is 1. The highest BCUT2D eigenvalue weighted by molar-refractivity contribution is 6.36. The molecule has 0 radical (unpaired) electrons. The smallest absolute Gasteiger partial charge is 0.416 e. The van der Waals surface area contributed by atoms with Crippen molar-refractivity contribution in [1.82, 2.24) is 4.98 Å². The van der Waals surface area contributed by atoms with Crippen molar-refractivity contribution in [2.75, 3.05) is 5.32 Å². The molecule has 1 N–H and O–H groups in total. The molecule has 0 aliphatic rings. The van der Waals surface area contributed by atoms with Crippen molar-refractivity contribution < 1.29 is 27.5 Å². The van der Waals surface area contributed by atoms with Crippen LogP contribution in [0.4, 0.5) is 19.0 Å². The van der Waals surface area contributed by atoms with Crippen molar-refractivity contribution in [1.29, 1.82) is 0 Å². The number of benzene rings is 1. The molecule has 5 nitrogen and oxygen atoms in total. The Labute approximate surface area is 156 Å². The van der Waals surface area contributed by atoms with E-state index >= 15 is 0 Å². The fourth-order valence-electron chi connectivity index (χ4n) is 1.80. The first-order chi connectivity index (χ1) is 12.1. The summed E-state index contributed by atoms with van der Waals surface area (Å²) in [6.45, 7) is 1.29. The molecule has 0 aliphatic carbocycles. The predicted molar refractivity (Wildman–Crippen MR) is 89.2 cm³/mol. The van der Waals surface area contributed by atoms with Crippen LogP contribution in [-0.2, 0) is 15.7 Å². The number of pyridine rings is 1. The molecule has 0 aliphatic heterocycles. The molecule has 1 aromatic carbocycles. The van der Waals surface area contributed by atoms with Gasteiger partial charge in [-0.3, -0.25) is 4.79 Å². The van der Waals surface area contributed by atoms with Gasteiger partial charge in [0, 0.05) is 6.20 Å². The molecule has 10 heteroatoms. The van der Waals surface area contributed by atoms with Gasteiger partial charge in [0.25, 0.3) is 5.91 Å². The molecule has 1 amide bonds. The van der Waals surface area contributed by atoms with Gasteiger partial charge < -0.3 is 10.1 Å². The second-order valence-corrected chi connectivity index (χ2v) is 5.94. The minimum atomic E-state index is -4.51. The number of esters is 1. The van der Waals surface area contributed by atoms with E-state index < -0.39 is 29.7 Å². The maximum absolute atomic E-state index is 12.5. The molecule has 1 atom stereocenters. The number of carbonyl (C=O) groups excluding carboxylic acids is 2. The summed E-state index contributed by atoms with van der Waals surface area (Å²) in [7, 11) is 0. The van der Waals surface area contributed by atoms with Gasteiger partial charge in [0.15, 0.2) is 11.9 Å². The summed E-state index contributed by atoms with van der Waals surface area (Å²) in [5.41, 5.74) is -1.02. The summed E-state index contributed by atoms with van der Waals surface area (Å²) in [4.78, 5) is 27.8. The Morgan fingerprint density at radius 3 is 2.35 bits per heavy atom. The summed E-state index contributed by atoms with van der Waals surface area (Å²) < 4.78 is 42.5. The molecule has 0 saturated heterocycles. The van der Waals surface area contributed by atoms with Crippen LogP contribution in [0.3, 0.4) is 0 Å². The van der Waals surface area contributed by atoms with Crippen molar-refractivity contribution in [2.24, 2.45) is 0 Å². The van der Waals surface area contributed by atoms with E-state index in [9.17, 15) is 22.8 Å². The van der Waals surface area contributed by atoms with E-state index in [0.717, 1.165) is 24.3 Å². The number of hydrogen-bond donors (Lipinski definition) is 1. The van der Waals surface area contributed by atoms with Gasteiger partial charge in [-0.15, -0.1) is 0 Å². The minimum Gasteiger partial charge on any atom is -0.449 e. The molecule has 0 saturated carbocycles. The number of nitrogens with one attached hydrogen (secondary N) is 1. The van der Waals surface area contributed by atoms with Crippen LogP contribution in [0, 0.1) is 0 Å². The van der Waals surface area contributed by atoms with Gasteiger partial charge in [-0.1, -0.05) is 23.2 Å². The van der Waals surface area contributed by atoms with Gasteiger partial charge in [0.05, 0.1) is 21.2 Å². The lowest BCUT2D eigenvalue weighted by Gasteiger charge is -2.14. The summed E-state index contributed by atoms with van der Waals surface area (Å²) >= 11 is 11.6. The number of carbonyl (C=O) groups is 2. The zero-order valence-electron chi connectivity index (χ0n) is 13.1. The van der Waals surface area contributed by atoms with E-state index in [1.807, 2.05) is 0 Å². The molecule has 138 valence electrons. The van der Waals surface area contributed by atoms with Gasteiger partial charge in [0.1, 0.15) is 0 Å². The number of ether oxygens (including phenoxy) is 1. The third-order valence-electron chi connectivity index (χ3n) is 3.15. The Balaban J connectivity index is 2.00. The second-order valence-electron chi connectivity index (χ2n) is 5.10. The molecule has 0 bridgehead atoms. The highest BCUT2D eigenvalue weighted by atomic mass is 35.5. The summed E-state index contributed by atoms with van der Waals surface area (Å²) in [5.74, 6) is -1.64. The first-order valence-corrected chi connectivity index (χ1v) is 7.83. The predicted octanol–water partition coefficient (Wildman–Crippen LogP) is 4.59. The molecule has 26 heavy (non-hydrogen) atoms. The van der Waals surface area contributed by atoms with Crippen molar-refractivity contribution >= 4 is 40.9 Å². The van der Waals surface area contributed by atoms with E-state index in [2.05, 4.69) is 10.3 Å². The third kappa shape index (κ3) is 5.09. The van der Waals surface area contributed by atoms with E-state index in [1.165, 1.54) is 19.2 Å². The van der Waals surface area contributed by atoms with Crippen LogP contribution in [0.15, 0.2) is 36.5 Å². The lowest BCUT2D eigenvalue weighted by Crippen LogP contribution is -2.30. The number of rotatable bonds is 4. The average Bonchev–Trinajstić information content (AvgIpc) is 2.56. The van der Waals surface area contributed by atoms with Gasteiger partial charge in [-0.2, -0.15) is 13.2 Å². The molecular formula is C16H11Cl2F3N2O3. The van der Waals surface area contributed by atoms with E-state index in [-0.39, 0.29) is 21.4 Å².